The lowest BCUT2D eigenvalue weighted by molar-refractivity contribution is -0.141. The van der Waals surface area contributed by atoms with Gasteiger partial charge in [-0.25, -0.2) is 23.5 Å². The number of thiazole rings is 2. The van der Waals surface area contributed by atoms with E-state index in [1.807, 2.05) is 11.8 Å². The summed E-state index contributed by atoms with van der Waals surface area (Å²) in [7, 11) is 3.28. The zero-order valence-corrected chi connectivity index (χ0v) is 47.1. The normalized spacial score (nSPS) is 19.8. The van der Waals surface area contributed by atoms with Gasteiger partial charge in [0.1, 0.15) is 56.5 Å². The zero-order valence-electron chi connectivity index (χ0n) is 45.5. The first kappa shape index (κ1) is 58.9. The Hall–Kier alpha value is -5.79. The standard InChI is InChI=1S/C31H41FN4O5S.C27H34FN3O3S/c1-19(35(5)30(40)41-31(2,3)4)27(38)34-25(20-10-7-6-8-11-20)29(39)36-17-9-12-24(36)28-33-23(18-42-28)26(37)21-13-15-22(32)16-14-21;1-17(29-2)24(32)15-21(18-7-4-3-5-8-18)27(34)31-14-6-9-23(31)26-30-22(16-35-26)25(33)19-10-12-20(28)13-11-19/h13-16,18-20,24-25H,6-12,17H2,1-5H3,(H,34,38);10-13,16-18,21,23,29H,3-9,14-15H2,1-2H3/t19-,24-,25-;17-,21-,23-/m00/s1. The predicted octanol–water partition coefficient (Wildman–Crippen LogP) is 10.4. The third kappa shape index (κ3) is 15.1. The van der Waals surface area contributed by atoms with Crippen LogP contribution in [0.1, 0.15) is 185 Å². The molecule has 0 spiro atoms. The van der Waals surface area contributed by atoms with Crippen LogP contribution in [0.5, 0.6) is 0 Å². The average Bonchev–Trinajstić information content (AvgIpc) is 4.30. The van der Waals surface area contributed by atoms with Crippen LogP contribution in [0.4, 0.5) is 13.6 Å². The highest BCUT2D eigenvalue weighted by Gasteiger charge is 2.43. The Morgan fingerprint density at radius 3 is 1.58 bits per heavy atom. The molecular formula is C58H75F2N7O8S2. The third-order valence-corrected chi connectivity index (χ3v) is 17.5. The summed E-state index contributed by atoms with van der Waals surface area (Å²) in [5.41, 5.74) is 0.608. The fraction of sp³-hybridized carbons (Fsp3) is 0.569. The number of carbonyl (C=O) groups is 7. The van der Waals surface area contributed by atoms with Crippen molar-refractivity contribution in [2.45, 2.75) is 167 Å². The summed E-state index contributed by atoms with van der Waals surface area (Å²) in [5.74, 6) is -1.90. The van der Waals surface area contributed by atoms with Crippen LogP contribution >= 0.6 is 22.7 Å². The van der Waals surface area contributed by atoms with Gasteiger partial charge in [-0.2, -0.15) is 0 Å². The fourth-order valence-corrected chi connectivity index (χ4v) is 12.8. The Kier molecular flexibility index (Phi) is 20.4. The molecular weight excluding hydrogens is 1020 g/mol. The largest absolute Gasteiger partial charge is 0.444 e. The molecule has 15 nitrogen and oxygen atoms in total. The van der Waals surface area contributed by atoms with E-state index in [-0.39, 0.29) is 77.2 Å². The van der Waals surface area contributed by atoms with Crippen molar-refractivity contribution in [3.05, 3.63) is 103 Å². The summed E-state index contributed by atoms with van der Waals surface area (Å²) < 4.78 is 32.0. The van der Waals surface area contributed by atoms with Gasteiger partial charge >= 0.3 is 6.09 Å². The minimum atomic E-state index is -0.841. The van der Waals surface area contributed by atoms with E-state index < -0.39 is 41.3 Å². The molecule has 19 heteroatoms. The van der Waals surface area contributed by atoms with Gasteiger partial charge in [0.05, 0.1) is 18.1 Å². The SMILES string of the molecule is CN[C@@H](C)C(=O)C[C@H](C(=O)N1CCC[C@H]1c1nc(C(=O)c2ccc(F)cc2)cs1)C1CCCCC1.C[C@@H](C(=O)N[C@H](C(=O)N1CCC[C@H]1c1nc(C(=O)c2ccc(F)cc2)cs1)C1CCCCC1)N(C)C(=O)OC(C)(C)C. The van der Waals surface area contributed by atoms with Crippen molar-refractivity contribution in [2.24, 2.45) is 17.8 Å². The van der Waals surface area contributed by atoms with E-state index in [9.17, 15) is 42.3 Å². The number of nitrogens with zero attached hydrogens (tertiary/aromatic N) is 5. The van der Waals surface area contributed by atoms with Crippen molar-refractivity contribution < 1.29 is 47.1 Å². The maximum atomic E-state index is 14.2. The maximum absolute atomic E-state index is 14.2. The van der Waals surface area contributed by atoms with Crippen molar-refractivity contribution >= 4 is 63.8 Å². The van der Waals surface area contributed by atoms with Gasteiger partial charge in [-0.3, -0.25) is 33.7 Å². The van der Waals surface area contributed by atoms with Crippen molar-refractivity contribution in [3.63, 3.8) is 0 Å². The number of aromatic nitrogens is 2. The number of nitrogens with one attached hydrogen (secondary N) is 2. The third-order valence-electron chi connectivity index (χ3n) is 15.6. The van der Waals surface area contributed by atoms with Crippen LogP contribution in [-0.4, -0.2) is 117 Å². The molecule has 2 N–H and O–H groups in total. The summed E-state index contributed by atoms with van der Waals surface area (Å²) in [4.78, 5) is 107. The topological polar surface area (TPSA) is 188 Å². The predicted molar refractivity (Wildman–Crippen MR) is 291 cm³/mol. The molecule has 416 valence electrons. The number of likely N-dealkylation sites (tertiary alicyclic amines) is 2. The molecule has 4 aliphatic rings. The van der Waals surface area contributed by atoms with E-state index in [0.29, 0.717) is 41.3 Å². The number of rotatable bonds is 17. The van der Waals surface area contributed by atoms with E-state index >= 15 is 0 Å². The van der Waals surface area contributed by atoms with Crippen LogP contribution in [0.3, 0.4) is 0 Å². The monoisotopic (exact) mass is 1100 g/mol. The number of amides is 4. The highest BCUT2D eigenvalue weighted by Crippen LogP contribution is 2.40. The van der Waals surface area contributed by atoms with Gasteiger partial charge < -0.3 is 25.2 Å². The Balaban J connectivity index is 0.000000227. The Labute approximate surface area is 459 Å². The number of hydrogen-bond acceptors (Lipinski definition) is 13. The molecule has 6 atom stereocenters. The number of Topliss-reactive ketones (excluding diaryl/α,β-unsaturated/α-hetero) is 1. The van der Waals surface area contributed by atoms with E-state index in [1.54, 1.807) is 50.4 Å². The summed E-state index contributed by atoms with van der Waals surface area (Å²) in [5, 5.41) is 10.8. The molecule has 4 heterocycles. The molecule has 4 fully saturated rings. The van der Waals surface area contributed by atoms with E-state index in [1.165, 1.54) is 89.6 Å². The summed E-state index contributed by atoms with van der Waals surface area (Å²) in [6.45, 7) is 9.92. The van der Waals surface area contributed by atoms with Crippen molar-refractivity contribution in [3.8, 4) is 0 Å². The zero-order chi connectivity index (χ0) is 55.6. The molecule has 4 amide bonds. The van der Waals surface area contributed by atoms with Gasteiger partial charge in [-0.1, -0.05) is 38.5 Å². The first-order chi connectivity index (χ1) is 36.7. The summed E-state index contributed by atoms with van der Waals surface area (Å²) >= 11 is 2.71. The molecule has 2 aromatic carbocycles. The molecule has 0 unspecified atom stereocenters. The van der Waals surface area contributed by atoms with Crippen LogP contribution in [0.2, 0.25) is 0 Å². The number of ether oxygens (including phenoxy) is 1. The Morgan fingerprint density at radius 2 is 1.13 bits per heavy atom. The first-order valence-electron chi connectivity index (χ1n) is 27.3. The second-order valence-electron chi connectivity index (χ2n) is 22.0. The average molecular weight is 1100 g/mol. The quantitative estimate of drug-likeness (QED) is 0.0958. The first-order valence-corrected chi connectivity index (χ1v) is 29.1. The van der Waals surface area contributed by atoms with Gasteiger partial charge in [0, 0.05) is 54.4 Å². The molecule has 0 radical (unpaired) electrons. The number of likely N-dealkylation sites (N-methyl/N-ethyl adjacent to an activating group) is 2. The van der Waals surface area contributed by atoms with Crippen molar-refractivity contribution in [1.82, 2.24) is 35.3 Å². The van der Waals surface area contributed by atoms with Crippen molar-refractivity contribution in [2.75, 3.05) is 27.2 Å². The molecule has 4 aromatic rings. The molecule has 8 rings (SSSR count). The number of hydrogen-bond donors (Lipinski definition) is 2. The number of carbonyl (C=O) groups excluding carboxylic acids is 7. The Morgan fingerprint density at radius 1 is 0.675 bits per heavy atom. The van der Waals surface area contributed by atoms with E-state index in [0.717, 1.165) is 82.1 Å². The maximum Gasteiger partial charge on any atom is 0.410 e. The van der Waals surface area contributed by atoms with Gasteiger partial charge in [0.25, 0.3) is 0 Å². The van der Waals surface area contributed by atoms with Crippen LogP contribution in [0.25, 0.3) is 0 Å². The molecule has 2 saturated heterocycles. The molecule has 2 saturated carbocycles. The minimum absolute atomic E-state index is 0.0117. The smallest absolute Gasteiger partial charge is 0.410 e. The number of ketones is 3. The lowest BCUT2D eigenvalue weighted by atomic mass is 9.76. The lowest BCUT2D eigenvalue weighted by Gasteiger charge is -2.36. The highest BCUT2D eigenvalue weighted by molar-refractivity contribution is 7.10. The summed E-state index contributed by atoms with van der Waals surface area (Å²) in [6.07, 6.45) is 12.9. The minimum Gasteiger partial charge on any atom is -0.444 e. The molecule has 77 heavy (non-hydrogen) atoms. The second-order valence-corrected chi connectivity index (χ2v) is 23.8. The molecule has 2 aromatic heterocycles. The van der Waals surface area contributed by atoms with E-state index in [2.05, 4.69) is 20.6 Å². The molecule has 2 aliphatic carbocycles. The second kappa shape index (κ2) is 26.7. The van der Waals surface area contributed by atoms with Crippen molar-refractivity contribution in [1.29, 1.82) is 0 Å². The highest BCUT2D eigenvalue weighted by atomic mass is 32.1. The van der Waals surface area contributed by atoms with E-state index in [4.69, 9.17) is 4.74 Å². The fourth-order valence-electron chi connectivity index (χ4n) is 10.9. The number of benzene rings is 2. The van der Waals surface area contributed by atoms with Gasteiger partial charge in [0.15, 0.2) is 0 Å². The molecule has 2 aliphatic heterocycles. The lowest BCUT2D eigenvalue weighted by Crippen LogP contribution is -2.56. The number of halogens is 2. The molecule has 0 bridgehead atoms. The summed E-state index contributed by atoms with van der Waals surface area (Å²) in [6, 6.07) is 8.46. The van der Waals surface area contributed by atoms with Gasteiger partial charge in [-0.15, -0.1) is 22.7 Å². The van der Waals surface area contributed by atoms with Crippen LogP contribution in [0, 0.1) is 29.4 Å². The van der Waals surface area contributed by atoms with Crippen LogP contribution < -0.4 is 10.6 Å². The van der Waals surface area contributed by atoms with Crippen LogP contribution in [0.15, 0.2) is 59.3 Å². The van der Waals surface area contributed by atoms with Crippen LogP contribution in [-0.2, 0) is 23.9 Å². The van der Waals surface area contributed by atoms with Gasteiger partial charge in [0.2, 0.25) is 29.3 Å². The van der Waals surface area contributed by atoms with Gasteiger partial charge in [-0.05, 0) is 153 Å². The Bertz CT molecular complexity index is 2700.